The Morgan fingerprint density at radius 1 is 1.31 bits per heavy atom. The van der Waals surface area contributed by atoms with Crippen LogP contribution >= 0.6 is 11.3 Å². The summed E-state index contributed by atoms with van der Waals surface area (Å²) >= 11 is 1.37. The van der Waals surface area contributed by atoms with Crippen molar-refractivity contribution in [1.29, 1.82) is 0 Å². The monoisotopic (exact) mass is 375 g/mol. The first-order valence-corrected chi connectivity index (χ1v) is 9.47. The van der Waals surface area contributed by atoms with Gasteiger partial charge in [-0.25, -0.2) is 4.98 Å². The fourth-order valence-electron chi connectivity index (χ4n) is 2.67. The highest BCUT2D eigenvalue weighted by Gasteiger charge is 2.26. The number of hydrogen-bond acceptors (Lipinski definition) is 5. The second-order valence-corrected chi connectivity index (χ2v) is 6.82. The van der Waals surface area contributed by atoms with Gasteiger partial charge >= 0.3 is 0 Å². The molecule has 7 heteroatoms. The third kappa shape index (κ3) is 5.64. The lowest BCUT2D eigenvalue weighted by molar-refractivity contribution is -0.136. The van der Waals surface area contributed by atoms with E-state index < -0.39 is 0 Å². The predicted octanol–water partition coefficient (Wildman–Crippen LogP) is 3.06. The molecule has 2 amide bonds. The van der Waals surface area contributed by atoms with Crippen molar-refractivity contribution < 1.29 is 14.3 Å². The van der Waals surface area contributed by atoms with Gasteiger partial charge < -0.3 is 15.0 Å². The summed E-state index contributed by atoms with van der Waals surface area (Å²) in [6, 6.07) is 9.65. The molecule has 0 aliphatic rings. The van der Waals surface area contributed by atoms with E-state index in [-0.39, 0.29) is 24.3 Å². The van der Waals surface area contributed by atoms with Gasteiger partial charge in [0.25, 0.3) is 0 Å². The number of nitrogens with zero attached hydrogens (tertiary/aromatic N) is 2. The lowest BCUT2D eigenvalue weighted by Gasteiger charge is -2.26. The Bertz CT molecular complexity index is 718. The molecule has 2 aromatic rings. The molecule has 1 N–H and O–H groups in total. The normalized spacial score (nSPS) is 11.8. The number of thiazole rings is 1. The predicted molar refractivity (Wildman–Crippen MR) is 103 cm³/mol. The van der Waals surface area contributed by atoms with Gasteiger partial charge in [0.1, 0.15) is 6.54 Å². The Labute approximate surface area is 158 Å². The molecule has 0 radical (unpaired) electrons. The molecule has 0 aliphatic carbocycles. The van der Waals surface area contributed by atoms with E-state index in [4.69, 9.17) is 4.74 Å². The molecule has 0 spiro atoms. The molecule has 0 aliphatic heterocycles. The number of hydrogen-bond donors (Lipinski definition) is 1. The average molecular weight is 375 g/mol. The van der Waals surface area contributed by atoms with Crippen molar-refractivity contribution in [3.8, 4) is 0 Å². The first-order valence-electron chi connectivity index (χ1n) is 8.59. The van der Waals surface area contributed by atoms with Crippen LogP contribution in [0.15, 0.2) is 35.7 Å². The molecule has 0 bridgehead atoms. The molecule has 1 aromatic heterocycles. The van der Waals surface area contributed by atoms with E-state index in [0.717, 1.165) is 11.3 Å². The van der Waals surface area contributed by atoms with Crippen LogP contribution in [0.2, 0.25) is 0 Å². The quantitative estimate of drug-likeness (QED) is 0.731. The Kier molecular flexibility index (Phi) is 7.74. The van der Waals surface area contributed by atoms with E-state index >= 15 is 0 Å². The first kappa shape index (κ1) is 20.1. The number of amides is 2. The maximum absolute atomic E-state index is 13.1. The highest BCUT2D eigenvalue weighted by molar-refractivity contribution is 7.13. The van der Waals surface area contributed by atoms with Crippen molar-refractivity contribution in [2.45, 2.75) is 26.2 Å². The molecule has 0 fully saturated rings. The van der Waals surface area contributed by atoms with Gasteiger partial charge in [-0.05, 0) is 18.9 Å². The fraction of sp³-hybridized carbons (Fsp3) is 0.421. The van der Waals surface area contributed by atoms with Crippen LogP contribution in [-0.4, -0.2) is 48.5 Å². The van der Waals surface area contributed by atoms with Crippen LogP contribution in [0.5, 0.6) is 0 Å². The summed E-state index contributed by atoms with van der Waals surface area (Å²) in [5, 5.41) is 5.17. The number of aryl methyl sites for hydroxylation is 1. The Hall–Kier alpha value is -2.25. The Morgan fingerprint density at radius 3 is 2.62 bits per heavy atom. The molecule has 0 saturated carbocycles. The van der Waals surface area contributed by atoms with Crippen LogP contribution in [-0.2, 0) is 14.3 Å². The minimum absolute atomic E-state index is 0.0237. The van der Waals surface area contributed by atoms with Crippen molar-refractivity contribution in [3.05, 3.63) is 47.0 Å². The van der Waals surface area contributed by atoms with Gasteiger partial charge in [0.2, 0.25) is 11.8 Å². The summed E-state index contributed by atoms with van der Waals surface area (Å²) < 4.78 is 5.11. The number of anilines is 1. The van der Waals surface area contributed by atoms with Crippen LogP contribution in [0.4, 0.5) is 5.13 Å². The summed E-state index contributed by atoms with van der Waals surface area (Å²) in [5.41, 5.74) is 1.81. The summed E-state index contributed by atoms with van der Waals surface area (Å²) in [7, 11) is 1.58. The summed E-state index contributed by atoms with van der Waals surface area (Å²) in [6.45, 7) is 4.56. The molecule has 2 rings (SSSR count). The maximum atomic E-state index is 13.1. The molecule has 1 aromatic carbocycles. The maximum Gasteiger partial charge on any atom is 0.245 e. The Morgan fingerprint density at radius 2 is 2.04 bits per heavy atom. The van der Waals surface area contributed by atoms with Crippen LogP contribution in [0.3, 0.4) is 0 Å². The highest BCUT2D eigenvalue weighted by atomic mass is 32.1. The molecule has 1 heterocycles. The van der Waals surface area contributed by atoms with Gasteiger partial charge in [-0.3, -0.25) is 9.59 Å². The number of benzene rings is 1. The van der Waals surface area contributed by atoms with Gasteiger partial charge in [-0.1, -0.05) is 37.3 Å². The van der Waals surface area contributed by atoms with E-state index in [1.807, 2.05) is 49.6 Å². The Balaban J connectivity index is 2.09. The van der Waals surface area contributed by atoms with Crippen molar-refractivity contribution in [2.75, 3.05) is 32.1 Å². The van der Waals surface area contributed by atoms with E-state index in [1.165, 1.54) is 11.3 Å². The smallest absolute Gasteiger partial charge is 0.245 e. The number of rotatable bonds is 9. The van der Waals surface area contributed by atoms with Gasteiger partial charge in [-0.15, -0.1) is 11.3 Å². The van der Waals surface area contributed by atoms with Crippen LogP contribution in [0, 0.1) is 6.92 Å². The van der Waals surface area contributed by atoms with Gasteiger partial charge in [0.05, 0.1) is 18.2 Å². The van der Waals surface area contributed by atoms with Crippen LogP contribution in [0.1, 0.15) is 30.5 Å². The van der Waals surface area contributed by atoms with Gasteiger partial charge in [0, 0.05) is 19.0 Å². The number of nitrogens with one attached hydrogen (secondary N) is 1. The summed E-state index contributed by atoms with van der Waals surface area (Å²) in [5.74, 6) is -0.601. The van der Waals surface area contributed by atoms with Crippen molar-refractivity contribution >= 4 is 28.3 Å². The molecule has 26 heavy (non-hydrogen) atoms. The SMILES string of the molecule is CC[C@H](C(=O)N(CCOC)CC(=O)Nc1nc(C)cs1)c1ccccc1. The topological polar surface area (TPSA) is 71.5 Å². The molecule has 1 atom stereocenters. The summed E-state index contributed by atoms with van der Waals surface area (Å²) in [6.07, 6.45) is 0.666. The van der Waals surface area contributed by atoms with Crippen molar-refractivity contribution in [3.63, 3.8) is 0 Å². The third-order valence-corrected chi connectivity index (χ3v) is 4.86. The number of ether oxygens (including phenoxy) is 1. The van der Waals surface area contributed by atoms with E-state index in [9.17, 15) is 9.59 Å². The van der Waals surface area contributed by atoms with E-state index in [0.29, 0.717) is 24.7 Å². The fourth-order valence-corrected chi connectivity index (χ4v) is 3.38. The zero-order valence-electron chi connectivity index (χ0n) is 15.4. The number of carbonyl (C=O) groups is 2. The second-order valence-electron chi connectivity index (χ2n) is 5.97. The largest absolute Gasteiger partial charge is 0.383 e. The van der Waals surface area contributed by atoms with Crippen molar-refractivity contribution in [2.24, 2.45) is 0 Å². The van der Waals surface area contributed by atoms with Crippen molar-refractivity contribution in [1.82, 2.24) is 9.88 Å². The molecular formula is C19H25N3O3S. The van der Waals surface area contributed by atoms with Crippen LogP contribution < -0.4 is 5.32 Å². The average Bonchev–Trinajstić information content (AvgIpc) is 3.04. The van der Waals surface area contributed by atoms with Gasteiger partial charge in [0.15, 0.2) is 5.13 Å². The third-order valence-electron chi connectivity index (χ3n) is 3.99. The number of methoxy groups -OCH3 is 1. The highest BCUT2D eigenvalue weighted by Crippen LogP contribution is 2.22. The lowest BCUT2D eigenvalue weighted by Crippen LogP contribution is -2.42. The second kappa shape index (κ2) is 10.0. The minimum Gasteiger partial charge on any atom is -0.383 e. The zero-order chi connectivity index (χ0) is 18.9. The van der Waals surface area contributed by atoms with E-state index in [2.05, 4.69) is 10.3 Å². The molecule has 0 unspecified atom stereocenters. The molecule has 6 nitrogen and oxygen atoms in total. The summed E-state index contributed by atoms with van der Waals surface area (Å²) in [4.78, 5) is 31.2. The number of carbonyl (C=O) groups excluding carboxylic acids is 2. The molecular weight excluding hydrogens is 350 g/mol. The zero-order valence-corrected chi connectivity index (χ0v) is 16.2. The standard InChI is InChI=1S/C19H25N3O3S/c1-4-16(15-8-6-5-7-9-15)18(24)22(10-11-25-3)12-17(23)21-19-20-14(2)13-26-19/h5-9,13,16H,4,10-12H2,1-3H3,(H,20,21,23)/t16-/m0/s1. The first-order chi connectivity index (χ1) is 12.5. The van der Waals surface area contributed by atoms with Gasteiger partial charge in [-0.2, -0.15) is 0 Å². The van der Waals surface area contributed by atoms with E-state index in [1.54, 1.807) is 12.0 Å². The minimum atomic E-state index is -0.275. The molecule has 0 saturated heterocycles. The lowest BCUT2D eigenvalue weighted by atomic mass is 9.95. The number of aromatic nitrogens is 1. The molecule has 140 valence electrons. The van der Waals surface area contributed by atoms with Crippen LogP contribution in [0.25, 0.3) is 0 Å².